The first kappa shape index (κ1) is 15.2. The zero-order valence-corrected chi connectivity index (χ0v) is 12.7. The Balaban J connectivity index is 2.30. The van der Waals surface area contributed by atoms with Crippen LogP contribution in [0.4, 0.5) is 0 Å². The first-order chi connectivity index (χ1) is 8.41. The first-order valence-electron chi connectivity index (χ1n) is 6.79. The Morgan fingerprint density at radius 3 is 2.50 bits per heavy atom. The van der Waals surface area contributed by atoms with E-state index in [1.165, 1.54) is 23.4 Å². The van der Waals surface area contributed by atoms with Crippen molar-refractivity contribution in [3.63, 3.8) is 0 Å². The summed E-state index contributed by atoms with van der Waals surface area (Å²) >= 11 is 0. The second kappa shape index (κ2) is 6.90. The first-order valence-corrected chi connectivity index (χ1v) is 6.79. The number of nitrogens with one attached hydrogen (secondary N) is 1. The highest BCUT2D eigenvalue weighted by Crippen LogP contribution is 2.13. The molecule has 0 aliphatic carbocycles. The van der Waals surface area contributed by atoms with E-state index in [9.17, 15) is 0 Å². The van der Waals surface area contributed by atoms with Gasteiger partial charge in [0.25, 0.3) is 0 Å². The van der Waals surface area contributed by atoms with Gasteiger partial charge in [-0.15, -0.1) is 0 Å². The number of hydrogen-bond donors (Lipinski definition) is 1. The smallest absolute Gasteiger partial charge is 0.0628 e. The molecule has 1 heterocycles. The molecule has 104 valence electrons. The zero-order valence-electron chi connectivity index (χ0n) is 12.7. The van der Waals surface area contributed by atoms with Crippen LogP contribution in [0.5, 0.6) is 0 Å². The van der Waals surface area contributed by atoms with Crippen LogP contribution in [-0.2, 0) is 13.5 Å². The minimum Gasteiger partial charge on any atom is -0.313 e. The topological polar surface area (TPSA) is 33.1 Å². The van der Waals surface area contributed by atoms with Crippen molar-refractivity contribution in [1.29, 1.82) is 0 Å². The van der Waals surface area contributed by atoms with E-state index in [4.69, 9.17) is 0 Å². The largest absolute Gasteiger partial charge is 0.313 e. The predicted molar refractivity (Wildman–Crippen MR) is 77.0 cm³/mol. The fourth-order valence-corrected chi connectivity index (χ4v) is 2.41. The minimum absolute atomic E-state index is 0.552. The number of rotatable bonds is 7. The molecule has 0 bridgehead atoms. The van der Waals surface area contributed by atoms with Crippen LogP contribution in [0.3, 0.4) is 0 Å². The fourth-order valence-electron chi connectivity index (χ4n) is 2.41. The Morgan fingerprint density at radius 2 is 2.00 bits per heavy atom. The number of likely N-dealkylation sites (N-methyl/N-ethyl adjacent to an activating group) is 1. The highest BCUT2D eigenvalue weighted by atomic mass is 15.3. The summed E-state index contributed by atoms with van der Waals surface area (Å²) in [5.41, 5.74) is 3.89. The number of aryl methyl sites for hydroxylation is 2. The zero-order chi connectivity index (χ0) is 13.7. The number of nitrogens with zero attached hydrogens (tertiary/aromatic N) is 3. The van der Waals surface area contributed by atoms with Gasteiger partial charge in [-0.1, -0.05) is 0 Å². The van der Waals surface area contributed by atoms with Crippen molar-refractivity contribution in [2.24, 2.45) is 7.05 Å². The maximum absolute atomic E-state index is 4.45. The van der Waals surface area contributed by atoms with Gasteiger partial charge in [0.1, 0.15) is 0 Å². The molecule has 18 heavy (non-hydrogen) atoms. The molecule has 0 aliphatic heterocycles. The van der Waals surface area contributed by atoms with Crippen molar-refractivity contribution in [2.75, 3.05) is 27.2 Å². The average molecular weight is 252 g/mol. The van der Waals surface area contributed by atoms with Crippen molar-refractivity contribution < 1.29 is 0 Å². The van der Waals surface area contributed by atoms with Gasteiger partial charge in [-0.25, -0.2) is 0 Å². The van der Waals surface area contributed by atoms with E-state index in [-0.39, 0.29) is 0 Å². The standard InChI is InChI=1S/C14H28N4/c1-11(10-17(4)5)15-9-7-8-14-12(2)16-18(6)13(14)3/h11,15H,7-10H2,1-6H3. The van der Waals surface area contributed by atoms with Gasteiger partial charge in [-0.2, -0.15) is 5.10 Å². The summed E-state index contributed by atoms with van der Waals surface area (Å²) in [7, 11) is 6.24. The Morgan fingerprint density at radius 1 is 1.33 bits per heavy atom. The van der Waals surface area contributed by atoms with Crippen LogP contribution in [0, 0.1) is 13.8 Å². The Labute approximate surface area is 111 Å². The van der Waals surface area contributed by atoms with Crippen molar-refractivity contribution >= 4 is 0 Å². The van der Waals surface area contributed by atoms with E-state index >= 15 is 0 Å². The van der Waals surface area contributed by atoms with E-state index in [0.29, 0.717) is 6.04 Å². The lowest BCUT2D eigenvalue weighted by molar-refractivity contribution is 0.349. The third-order valence-corrected chi connectivity index (χ3v) is 3.39. The molecule has 1 atom stereocenters. The molecule has 0 saturated carbocycles. The van der Waals surface area contributed by atoms with Crippen LogP contribution in [0.15, 0.2) is 0 Å². The molecular formula is C14H28N4. The average Bonchev–Trinajstić information content (AvgIpc) is 2.49. The van der Waals surface area contributed by atoms with Crippen molar-refractivity contribution in [3.05, 3.63) is 17.0 Å². The summed E-state index contributed by atoms with van der Waals surface area (Å²) in [6.45, 7) is 8.65. The summed E-state index contributed by atoms with van der Waals surface area (Å²) in [5.74, 6) is 0. The SMILES string of the molecule is Cc1nn(C)c(C)c1CCCNC(C)CN(C)C. The van der Waals surface area contributed by atoms with E-state index < -0.39 is 0 Å². The molecule has 1 unspecified atom stereocenters. The summed E-state index contributed by atoms with van der Waals surface area (Å²) in [6, 6.07) is 0.552. The van der Waals surface area contributed by atoms with E-state index in [1.54, 1.807) is 0 Å². The van der Waals surface area contributed by atoms with Crippen molar-refractivity contribution in [2.45, 2.75) is 39.7 Å². The second-order valence-electron chi connectivity index (χ2n) is 5.49. The molecule has 0 aliphatic rings. The third kappa shape index (κ3) is 4.42. The molecule has 1 rings (SSSR count). The van der Waals surface area contributed by atoms with Crippen LogP contribution in [0.2, 0.25) is 0 Å². The second-order valence-corrected chi connectivity index (χ2v) is 5.49. The van der Waals surface area contributed by atoms with Gasteiger partial charge in [0.15, 0.2) is 0 Å². The maximum Gasteiger partial charge on any atom is 0.0628 e. The Bertz CT molecular complexity index is 368. The lowest BCUT2D eigenvalue weighted by atomic mass is 10.1. The Kier molecular flexibility index (Phi) is 5.82. The van der Waals surface area contributed by atoms with Crippen LogP contribution < -0.4 is 5.32 Å². The van der Waals surface area contributed by atoms with Gasteiger partial charge >= 0.3 is 0 Å². The summed E-state index contributed by atoms with van der Waals surface area (Å²) in [5, 5.41) is 8.01. The van der Waals surface area contributed by atoms with Gasteiger partial charge in [-0.05, 0) is 59.8 Å². The van der Waals surface area contributed by atoms with Gasteiger partial charge in [-0.3, -0.25) is 4.68 Å². The molecule has 0 fully saturated rings. The molecule has 1 aromatic rings. The molecule has 0 spiro atoms. The Hall–Kier alpha value is -0.870. The van der Waals surface area contributed by atoms with E-state index in [1.807, 2.05) is 11.7 Å². The van der Waals surface area contributed by atoms with Gasteiger partial charge in [0.05, 0.1) is 5.69 Å². The molecule has 4 nitrogen and oxygen atoms in total. The lowest BCUT2D eigenvalue weighted by Crippen LogP contribution is -2.36. The van der Waals surface area contributed by atoms with Crippen LogP contribution in [0.25, 0.3) is 0 Å². The molecule has 0 saturated heterocycles. The molecule has 1 N–H and O–H groups in total. The minimum atomic E-state index is 0.552. The fraction of sp³-hybridized carbons (Fsp3) is 0.786. The molecule has 1 aromatic heterocycles. The van der Waals surface area contributed by atoms with Gasteiger partial charge in [0.2, 0.25) is 0 Å². The third-order valence-electron chi connectivity index (χ3n) is 3.39. The van der Waals surface area contributed by atoms with Gasteiger partial charge < -0.3 is 10.2 Å². The monoisotopic (exact) mass is 252 g/mol. The van der Waals surface area contributed by atoms with Crippen LogP contribution in [-0.4, -0.2) is 47.9 Å². The van der Waals surface area contributed by atoms with E-state index in [2.05, 4.69) is 50.2 Å². The molecule has 0 amide bonds. The quantitative estimate of drug-likeness (QED) is 0.747. The van der Waals surface area contributed by atoms with Gasteiger partial charge in [0, 0.05) is 25.3 Å². The highest BCUT2D eigenvalue weighted by molar-refractivity contribution is 5.24. The van der Waals surface area contributed by atoms with Crippen molar-refractivity contribution in [3.8, 4) is 0 Å². The molecular weight excluding hydrogens is 224 g/mol. The van der Waals surface area contributed by atoms with Crippen LogP contribution in [0.1, 0.15) is 30.3 Å². The maximum atomic E-state index is 4.45. The van der Waals surface area contributed by atoms with Crippen molar-refractivity contribution in [1.82, 2.24) is 20.0 Å². The number of hydrogen-bond acceptors (Lipinski definition) is 3. The summed E-state index contributed by atoms with van der Waals surface area (Å²) in [6.07, 6.45) is 2.29. The highest BCUT2D eigenvalue weighted by Gasteiger charge is 2.09. The normalized spacial score (nSPS) is 13.3. The molecule has 0 aromatic carbocycles. The van der Waals surface area contributed by atoms with Crippen LogP contribution >= 0.6 is 0 Å². The lowest BCUT2D eigenvalue weighted by Gasteiger charge is -2.18. The summed E-state index contributed by atoms with van der Waals surface area (Å²) in [4.78, 5) is 2.22. The predicted octanol–water partition coefficient (Wildman–Crippen LogP) is 1.51. The summed E-state index contributed by atoms with van der Waals surface area (Å²) < 4.78 is 1.98. The number of aromatic nitrogens is 2. The molecule has 0 radical (unpaired) electrons. The van der Waals surface area contributed by atoms with E-state index in [0.717, 1.165) is 19.5 Å². The molecule has 4 heteroatoms.